The Labute approximate surface area is 54.3 Å². The molecule has 3 heteroatoms. The summed E-state index contributed by atoms with van der Waals surface area (Å²) >= 11 is 0. The number of aliphatic carboxylic acids is 1. The van der Waals surface area contributed by atoms with Gasteiger partial charge in [0.25, 0.3) is 0 Å². The van der Waals surface area contributed by atoms with E-state index < -0.39 is 31.4 Å². The standard InChI is InChI=1S/C5H8O3/c1-4(6)2-3-5(7)8/h2-3H2,1H3,(H,7,8)/i1D3,2D2. The highest BCUT2D eigenvalue weighted by Gasteiger charge is 1.97. The molecule has 0 aromatic rings. The van der Waals surface area contributed by atoms with E-state index in [0.717, 1.165) is 0 Å². The monoisotopic (exact) mass is 121 g/mol. The Morgan fingerprint density at radius 2 is 2.50 bits per heavy atom. The summed E-state index contributed by atoms with van der Waals surface area (Å²) in [6.45, 7) is -3.10. The van der Waals surface area contributed by atoms with Crippen LogP contribution >= 0.6 is 0 Å². The van der Waals surface area contributed by atoms with Crippen LogP contribution in [0.15, 0.2) is 0 Å². The smallest absolute Gasteiger partial charge is 0.303 e. The summed E-state index contributed by atoms with van der Waals surface area (Å²) in [7, 11) is 0. The van der Waals surface area contributed by atoms with Crippen molar-refractivity contribution in [3.63, 3.8) is 0 Å². The maximum Gasteiger partial charge on any atom is 0.303 e. The first kappa shape index (κ1) is 2.17. The van der Waals surface area contributed by atoms with Crippen molar-refractivity contribution in [2.24, 2.45) is 0 Å². The molecule has 3 nitrogen and oxygen atoms in total. The molecule has 0 heterocycles. The number of carboxylic acid groups (broad SMARTS) is 1. The number of rotatable bonds is 3. The summed E-state index contributed by atoms with van der Waals surface area (Å²) in [5, 5.41) is 8.19. The molecule has 0 saturated heterocycles. The van der Waals surface area contributed by atoms with Crippen LogP contribution in [0.3, 0.4) is 0 Å². The highest BCUT2D eigenvalue weighted by Crippen LogP contribution is 1.87. The van der Waals surface area contributed by atoms with E-state index in [-0.39, 0.29) is 0 Å². The minimum absolute atomic E-state index is 1.13. The number of carbonyl (C=O) groups excluding carboxylic acids is 1. The van der Waals surface area contributed by atoms with Gasteiger partial charge < -0.3 is 9.90 Å². The Morgan fingerprint density at radius 3 is 2.88 bits per heavy atom. The van der Waals surface area contributed by atoms with Crippen LogP contribution in [0.2, 0.25) is 0 Å². The zero-order valence-corrected chi connectivity index (χ0v) is 3.97. The fourth-order valence-corrected chi connectivity index (χ4v) is 0.156. The van der Waals surface area contributed by atoms with Gasteiger partial charge in [0.05, 0.1) is 6.42 Å². The van der Waals surface area contributed by atoms with E-state index in [1.165, 1.54) is 0 Å². The minimum atomic E-state index is -3.10. The van der Waals surface area contributed by atoms with Crippen molar-refractivity contribution in [3.05, 3.63) is 0 Å². The highest BCUT2D eigenvalue weighted by atomic mass is 16.4. The Hall–Kier alpha value is -0.860. The fourth-order valence-electron chi connectivity index (χ4n) is 0.156. The Balaban J connectivity index is 4.65. The summed E-state index contributed by atoms with van der Waals surface area (Å²) in [6, 6.07) is 0. The number of carboxylic acids is 1. The SMILES string of the molecule is [2H]C([2H])([2H])C(=O)C([2H])([2H])CC(=O)O. The first-order valence-corrected chi connectivity index (χ1v) is 1.84. The third kappa shape index (κ3) is 5.14. The molecule has 0 aromatic carbocycles. The van der Waals surface area contributed by atoms with Gasteiger partial charge in [-0.15, -0.1) is 0 Å². The van der Waals surface area contributed by atoms with E-state index in [1.807, 2.05) is 0 Å². The number of hydrogen-bond acceptors (Lipinski definition) is 2. The Bertz CT molecular complexity index is 231. The molecule has 0 saturated carbocycles. The van der Waals surface area contributed by atoms with Gasteiger partial charge in [-0.3, -0.25) is 4.79 Å². The minimum Gasteiger partial charge on any atom is -0.481 e. The van der Waals surface area contributed by atoms with Crippen LogP contribution in [-0.2, 0) is 9.59 Å². The van der Waals surface area contributed by atoms with Crippen molar-refractivity contribution in [1.82, 2.24) is 0 Å². The van der Waals surface area contributed by atoms with Gasteiger partial charge in [-0.2, -0.15) is 0 Å². The van der Waals surface area contributed by atoms with E-state index in [9.17, 15) is 9.59 Å². The zero-order chi connectivity index (χ0) is 10.9. The van der Waals surface area contributed by atoms with Gasteiger partial charge in [0.15, 0.2) is 0 Å². The number of Topliss-reactive ketones (excluding diaryl/α,β-unsaturated/α-hetero) is 1. The molecule has 0 atom stereocenters. The largest absolute Gasteiger partial charge is 0.481 e. The summed E-state index contributed by atoms with van der Waals surface area (Å²) in [4.78, 5) is 20.9. The van der Waals surface area contributed by atoms with Crippen LogP contribution in [0.4, 0.5) is 0 Å². The molecular weight excluding hydrogens is 108 g/mol. The van der Waals surface area contributed by atoms with Crippen molar-refractivity contribution < 1.29 is 21.5 Å². The van der Waals surface area contributed by atoms with Gasteiger partial charge in [0, 0.05) is 13.2 Å². The second-order valence-corrected chi connectivity index (χ2v) is 1.08. The van der Waals surface area contributed by atoms with Gasteiger partial charge in [-0.05, 0) is 6.85 Å². The van der Waals surface area contributed by atoms with Gasteiger partial charge in [0.2, 0.25) is 0 Å². The van der Waals surface area contributed by atoms with E-state index >= 15 is 0 Å². The maximum atomic E-state index is 10.8. The lowest BCUT2D eigenvalue weighted by Gasteiger charge is -1.86. The zero-order valence-electron chi connectivity index (χ0n) is 8.97. The van der Waals surface area contributed by atoms with E-state index in [0.29, 0.717) is 0 Å². The Kier molecular flexibility index (Phi) is 0.863. The molecule has 0 aromatic heterocycles. The van der Waals surface area contributed by atoms with Crippen molar-refractivity contribution in [2.45, 2.75) is 19.6 Å². The van der Waals surface area contributed by atoms with E-state index in [1.54, 1.807) is 0 Å². The third-order valence-corrected chi connectivity index (χ3v) is 0.400. The fraction of sp³-hybridized carbons (Fsp3) is 0.600. The lowest BCUT2D eigenvalue weighted by atomic mass is 10.2. The lowest BCUT2D eigenvalue weighted by molar-refractivity contribution is -0.138. The molecule has 8 heavy (non-hydrogen) atoms. The summed E-state index contributed by atoms with van der Waals surface area (Å²) < 4.78 is 33.6. The summed E-state index contributed by atoms with van der Waals surface area (Å²) in [6.07, 6.45) is -3.97. The molecule has 0 aliphatic rings. The van der Waals surface area contributed by atoms with E-state index in [4.69, 9.17) is 12.0 Å². The van der Waals surface area contributed by atoms with Crippen LogP contribution in [0.5, 0.6) is 0 Å². The van der Waals surface area contributed by atoms with Crippen molar-refractivity contribution in [3.8, 4) is 0 Å². The number of hydrogen-bond donors (Lipinski definition) is 1. The van der Waals surface area contributed by atoms with Gasteiger partial charge >= 0.3 is 5.97 Å². The lowest BCUT2D eigenvalue weighted by Crippen LogP contribution is -1.98. The maximum absolute atomic E-state index is 10.8. The average molecular weight is 121 g/mol. The molecule has 0 aliphatic carbocycles. The molecular formula is C5H8O3. The predicted octanol–water partition coefficient (Wildman–Crippen LogP) is 0.440. The molecule has 0 amide bonds. The van der Waals surface area contributed by atoms with Crippen molar-refractivity contribution in [2.75, 3.05) is 0 Å². The van der Waals surface area contributed by atoms with Crippen LogP contribution in [0.1, 0.15) is 26.5 Å². The first-order chi connectivity index (χ1) is 5.57. The molecule has 0 fully saturated rings. The highest BCUT2D eigenvalue weighted by molar-refractivity contribution is 5.80. The van der Waals surface area contributed by atoms with Gasteiger partial charge in [-0.25, -0.2) is 0 Å². The third-order valence-electron chi connectivity index (χ3n) is 0.400. The van der Waals surface area contributed by atoms with Crippen LogP contribution in [0, 0.1) is 0 Å². The van der Waals surface area contributed by atoms with Crippen molar-refractivity contribution in [1.29, 1.82) is 0 Å². The molecule has 0 unspecified atom stereocenters. The molecule has 0 bridgehead atoms. The number of ketones is 1. The normalized spacial score (nSPS) is 21.2. The van der Waals surface area contributed by atoms with Gasteiger partial charge in [-0.1, -0.05) is 0 Å². The molecule has 0 spiro atoms. The molecule has 1 N–H and O–H groups in total. The van der Waals surface area contributed by atoms with Crippen LogP contribution in [0.25, 0.3) is 0 Å². The summed E-state index contributed by atoms with van der Waals surface area (Å²) in [5.41, 5.74) is 0. The quantitative estimate of drug-likeness (QED) is 0.589. The topological polar surface area (TPSA) is 54.4 Å². The van der Waals surface area contributed by atoms with Crippen molar-refractivity contribution >= 4 is 11.8 Å². The van der Waals surface area contributed by atoms with Gasteiger partial charge in [0.1, 0.15) is 5.78 Å². The predicted molar refractivity (Wildman–Crippen MR) is 27.6 cm³/mol. The number of carbonyl (C=O) groups is 2. The Morgan fingerprint density at radius 1 is 1.88 bits per heavy atom. The second kappa shape index (κ2) is 3.18. The van der Waals surface area contributed by atoms with E-state index in [2.05, 4.69) is 0 Å². The van der Waals surface area contributed by atoms with Crippen LogP contribution in [-0.4, -0.2) is 16.9 Å². The molecule has 0 radical (unpaired) electrons. The first-order valence-electron chi connectivity index (χ1n) is 4.34. The van der Waals surface area contributed by atoms with Crippen LogP contribution < -0.4 is 0 Å². The molecule has 0 aliphatic heterocycles. The average Bonchev–Trinajstić information content (AvgIpc) is 1.80. The summed E-state index contributed by atoms with van der Waals surface area (Å²) in [5.74, 6) is -3.23. The molecule has 0 rings (SSSR count). The molecule has 46 valence electrons. The second-order valence-electron chi connectivity index (χ2n) is 1.08.